The van der Waals surface area contributed by atoms with Crippen molar-refractivity contribution in [2.75, 3.05) is 0 Å². The van der Waals surface area contributed by atoms with E-state index in [9.17, 15) is 9.59 Å². The van der Waals surface area contributed by atoms with Crippen LogP contribution in [0, 0.1) is 20.8 Å². The minimum Gasteiger partial charge on any atom is -0.423 e. The molecular weight excluding hydrogens is 340 g/mol. The molecule has 3 aromatic rings. The number of rotatable bonds is 4. The minimum atomic E-state index is -0.462. The van der Waals surface area contributed by atoms with Gasteiger partial charge in [-0.1, -0.05) is 35.4 Å². The van der Waals surface area contributed by atoms with Gasteiger partial charge in [-0.25, -0.2) is 9.59 Å². The zero-order valence-electron chi connectivity index (χ0n) is 15.5. The third-order valence-electron chi connectivity index (χ3n) is 4.02. The molecule has 0 aliphatic heterocycles. The van der Waals surface area contributed by atoms with E-state index in [1.807, 2.05) is 45.0 Å². The van der Waals surface area contributed by atoms with Gasteiger partial charge in [0.2, 0.25) is 0 Å². The Labute approximate surface area is 158 Å². The van der Waals surface area contributed by atoms with E-state index in [1.165, 1.54) is 6.07 Å². The molecule has 4 nitrogen and oxygen atoms in total. The lowest BCUT2D eigenvalue weighted by atomic mass is 10.1. The van der Waals surface area contributed by atoms with Crippen molar-refractivity contribution in [2.24, 2.45) is 0 Å². The average molecular weight is 360 g/mol. The molecule has 0 fully saturated rings. The van der Waals surface area contributed by atoms with Gasteiger partial charge < -0.3 is 9.47 Å². The second kappa shape index (κ2) is 7.87. The molecule has 0 heterocycles. The van der Waals surface area contributed by atoms with Gasteiger partial charge in [-0.15, -0.1) is 0 Å². The van der Waals surface area contributed by atoms with E-state index in [-0.39, 0.29) is 0 Å². The molecule has 3 rings (SSSR count). The summed E-state index contributed by atoms with van der Waals surface area (Å²) >= 11 is 0. The Morgan fingerprint density at radius 3 is 1.30 bits per heavy atom. The van der Waals surface area contributed by atoms with Crippen molar-refractivity contribution < 1.29 is 19.1 Å². The van der Waals surface area contributed by atoms with Crippen LogP contribution in [0.2, 0.25) is 0 Å². The number of esters is 2. The van der Waals surface area contributed by atoms with Crippen molar-refractivity contribution in [1.82, 2.24) is 0 Å². The normalized spacial score (nSPS) is 10.3. The number of carbonyl (C=O) groups excluding carboxylic acids is 2. The SMILES string of the molecule is Cc1ccc(C(=O)Oc2cc(C)cc(OC(=O)c3ccc(C)cc3)c2)cc1. The maximum Gasteiger partial charge on any atom is 0.343 e. The van der Waals surface area contributed by atoms with Crippen LogP contribution in [-0.2, 0) is 0 Å². The van der Waals surface area contributed by atoms with Crippen LogP contribution < -0.4 is 9.47 Å². The van der Waals surface area contributed by atoms with Gasteiger partial charge in [-0.05, 0) is 62.7 Å². The summed E-state index contributed by atoms with van der Waals surface area (Å²) in [6.45, 7) is 5.74. The lowest BCUT2D eigenvalue weighted by Gasteiger charge is -2.09. The lowest BCUT2D eigenvalue weighted by molar-refractivity contribution is 0.0733. The minimum absolute atomic E-state index is 0.326. The van der Waals surface area contributed by atoms with Gasteiger partial charge in [0, 0.05) is 6.07 Å². The summed E-state index contributed by atoms with van der Waals surface area (Å²) in [6.07, 6.45) is 0. The number of benzene rings is 3. The fourth-order valence-corrected chi connectivity index (χ4v) is 2.54. The quantitative estimate of drug-likeness (QED) is 0.482. The molecule has 4 heteroatoms. The van der Waals surface area contributed by atoms with E-state index in [2.05, 4.69) is 0 Å². The number of carbonyl (C=O) groups is 2. The molecule has 0 saturated heterocycles. The Bertz CT molecular complexity index is 893. The molecule has 0 N–H and O–H groups in total. The van der Waals surface area contributed by atoms with E-state index in [0.717, 1.165) is 16.7 Å². The first-order valence-corrected chi connectivity index (χ1v) is 8.60. The summed E-state index contributed by atoms with van der Waals surface area (Å²) in [7, 11) is 0. The van der Waals surface area contributed by atoms with Crippen molar-refractivity contribution in [2.45, 2.75) is 20.8 Å². The fraction of sp³-hybridized carbons (Fsp3) is 0.130. The Kier molecular flexibility index (Phi) is 5.36. The van der Waals surface area contributed by atoms with E-state index < -0.39 is 11.9 Å². The van der Waals surface area contributed by atoms with Gasteiger partial charge in [-0.3, -0.25) is 0 Å². The molecule has 0 amide bonds. The third kappa shape index (κ3) is 4.82. The second-order valence-electron chi connectivity index (χ2n) is 6.49. The van der Waals surface area contributed by atoms with Gasteiger partial charge in [0.15, 0.2) is 0 Å². The van der Waals surface area contributed by atoms with Gasteiger partial charge in [0.05, 0.1) is 11.1 Å². The monoisotopic (exact) mass is 360 g/mol. The van der Waals surface area contributed by atoms with Crippen LogP contribution in [0.25, 0.3) is 0 Å². The largest absolute Gasteiger partial charge is 0.423 e. The number of hydrogen-bond acceptors (Lipinski definition) is 4. The predicted octanol–water partition coefficient (Wildman–Crippen LogP) is 5.05. The van der Waals surface area contributed by atoms with E-state index in [4.69, 9.17) is 9.47 Å². The van der Waals surface area contributed by atoms with Crippen molar-refractivity contribution in [3.63, 3.8) is 0 Å². The zero-order valence-corrected chi connectivity index (χ0v) is 15.5. The van der Waals surface area contributed by atoms with Gasteiger partial charge in [0.1, 0.15) is 11.5 Å². The van der Waals surface area contributed by atoms with Crippen LogP contribution in [0.3, 0.4) is 0 Å². The summed E-state index contributed by atoms with van der Waals surface area (Å²) < 4.78 is 10.9. The standard InChI is InChI=1S/C23H20O4/c1-15-4-8-18(9-5-15)22(24)26-20-12-17(3)13-21(14-20)27-23(25)19-10-6-16(2)7-11-19/h4-14H,1-3H3. The molecule has 0 aliphatic carbocycles. The zero-order chi connectivity index (χ0) is 19.4. The maximum atomic E-state index is 12.3. The summed E-state index contributed by atoms with van der Waals surface area (Å²) in [6, 6.07) is 19.2. The highest BCUT2D eigenvalue weighted by atomic mass is 16.5. The molecule has 136 valence electrons. The summed E-state index contributed by atoms with van der Waals surface area (Å²) in [4.78, 5) is 24.6. The molecule has 0 bridgehead atoms. The first-order chi connectivity index (χ1) is 12.9. The van der Waals surface area contributed by atoms with Crippen molar-refractivity contribution >= 4 is 11.9 Å². The highest BCUT2D eigenvalue weighted by Gasteiger charge is 2.12. The molecule has 3 aromatic carbocycles. The molecule has 0 unspecified atom stereocenters. The van der Waals surface area contributed by atoms with Crippen LogP contribution in [0.15, 0.2) is 66.7 Å². The summed E-state index contributed by atoms with van der Waals surface area (Å²) in [5.41, 5.74) is 3.86. The highest BCUT2D eigenvalue weighted by molar-refractivity contribution is 5.92. The molecule has 0 spiro atoms. The van der Waals surface area contributed by atoms with Gasteiger partial charge in [-0.2, -0.15) is 0 Å². The summed E-state index contributed by atoms with van der Waals surface area (Å²) in [5.74, 6) is -0.271. The molecule has 0 radical (unpaired) electrons. The van der Waals surface area contributed by atoms with Crippen molar-refractivity contribution in [3.05, 3.63) is 94.5 Å². The maximum absolute atomic E-state index is 12.3. The molecule has 0 saturated carbocycles. The van der Waals surface area contributed by atoms with Crippen LogP contribution in [-0.4, -0.2) is 11.9 Å². The fourth-order valence-electron chi connectivity index (χ4n) is 2.54. The Balaban J connectivity index is 1.75. The highest BCUT2D eigenvalue weighted by Crippen LogP contribution is 2.24. The Morgan fingerprint density at radius 1 is 0.556 bits per heavy atom. The molecule has 0 aromatic heterocycles. The smallest absolute Gasteiger partial charge is 0.343 e. The molecule has 0 atom stereocenters. The van der Waals surface area contributed by atoms with Crippen LogP contribution in [0.4, 0.5) is 0 Å². The summed E-state index contributed by atoms with van der Waals surface area (Å²) in [5, 5.41) is 0. The number of aryl methyl sites for hydroxylation is 3. The Morgan fingerprint density at radius 2 is 0.926 bits per heavy atom. The lowest BCUT2D eigenvalue weighted by Crippen LogP contribution is -2.10. The number of hydrogen-bond donors (Lipinski definition) is 0. The third-order valence-corrected chi connectivity index (χ3v) is 4.02. The van der Waals surface area contributed by atoms with Crippen molar-refractivity contribution in [1.29, 1.82) is 0 Å². The number of ether oxygens (including phenoxy) is 2. The van der Waals surface area contributed by atoms with Crippen LogP contribution >= 0.6 is 0 Å². The van der Waals surface area contributed by atoms with E-state index in [0.29, 0.717) is 22.6 Å². The first kappa shape index (κ1) is 18.4. The van der Waals surface area contributed by atoms with Gasteiger partial charge >= 0.3 is 11.9 Å². The average Bonchev–Trinajstić information content (AvgIpc) is 2.62. The predicted molar refractivity (Wildman–Crippen MR) is 103 cm³/mol. The van der Waals surface area contributed by atoms with E-state index in [1.54, 1.807) is 36.4 Å². The molecular formula is C23H20O4. The van der Waals surface area contributed by atoms with Crippen molar-refractivity contribution in [3.8, 4) is 11.5 Å². The molecule has 27 heavy (non-hydrogen) atoms. The van der Waals surface area contributed by atoms with Crippen LogP contribution in [0.1, 0.15) is 37.4 Å². The first-order valence-electron chi connectivity index (χ1n) is 8.60. The topological polar surface area (TPSA) is 52.6 Å². The second-order valence-corrected chi connectivity index (χ2v) is 6.49. The van der Waals surface area contributed by atoms with Gasteiger partial charge in [0.25, 0.3) is 0 Å². The van der Waals surface area contributed by atoms with E-state index >= 15 is 0 Å². The molecule has 0 aliphatic rings. The van der Waals surface area contributed by atoms with Crippen LogP contribution in [0.5, 0.6) is 11.5 Å². The Hall–Kier alpha value is -3.40.